The van der Waals surface area contributed by atoms with Crippen molar-refractivity contribution in [3.8, 4) is 11.3 Å². The predicted molar refractivity (Wildman–Crippen MR) is 129 cm³/mol. The number of halogens is 1. The molecule has 4 aromatic rings. The van der Waals surface area contributed by atoms with E-state index in [4.69, 9.17) is 4.42 Å². The predicted octanol–water partition coefficient (Wildman–Crippen LogP) is 6.18. The van der Waals surface area contributed by atoms with Gasteiger partial charge in [-0.25, -0.2) is 4.39 Å². The summed E-state index contributed by atoms with van der Waals surface area (Å²) in [6, 6.07) is 9.60. The van der Waals surface area contributed by atoms with E-state index < -0.39 is 0 Å². The molecule has 0 saturated carbocycles. The van der Waals surface area contributed by atoms with Gasteiger partial charge in [-0.2, -0.15) is 0 Å². The smallest absolute Gasteiger partial charge is 0.255 e. The number of carbonyl (C=O) groups is 2. The molecule has 0 saturated heterocycles. The minimum absolute atomic E-state index is 0.311. The van der Waals surface area contributed by atoms with Gasteiger partial charge in [0.25, 0.3) is 5.91 Å². The van der Waals surface area contributed by atoms with E-state index in [2.05, 4.69) is 10.3 Å². The van der Waals surface area contributed by atoms with Gasteiger partial charge in [0.05, 0.1) is 11.1 Å². The van der Waals surface area contributed by atoms with Gasteiger partial charge in [0.1, 0.15) is 23.4 Å². The molecule has 0 aliphatic carbocycles. The summed E-state index contributed by atoms with van der Waals surface area (Å²) >= 11 is 0. The molecule has 0 spiro atoms. The van der Waals surface area contributed by atoms with Crippen molar-refractivity contribution in [2.75, 3.05) is 7.05 Å². The van der Waals surface area contributed by atoms with Gasteiger partial charge in [0, 0.05) is 35.1 Å². The fraction of sp³-hybridized carbons (Fsp3) is 0.111. The third kappa shape index (κ3) is 4.15. The Morgan fingerprint density at radius 1 is 1.15 bits per heavy atom. The first kappa shape index (κ1) is 22.0. The molecule has 5 nitrogen and oxygen atoms in total. The van der Waals surface area contributed by atoms with Crippen LogP contribution in [-0.4, -0.2) is 24.2 Å². The van der Waals surface area contributed by atoms with E-state index in [0.29, 0.717) is 27.9 Å². The van der Waals surface area contributed by atoms with Crippen LogP contribution >= 0.6 is 0 Å². The summed E-state index contributed by atoms with van der Waals surface area (Å²) in [6.45, 7) is 2.04. The normalized spacial score (nSPS) is 12.4. The molecule has 0 bridgehead atoms. The zero-order valence-electron chi connectivity index (χ0n) is 18.3. The van der Waals surface area contributed by atoms with E-state index in [1.54, 1.807) is 31.5 Å². The number of hydrogen-bond acceptors (Lipinski definition) is 3. The summed E-state index contributed by atoms with van der Waals surface area (Å²) in [5.74, 6) is -0.318. The molecule has 2 aromatic heterocycles. The lowest BCUT2D eigenvalue weighted by Crippen LogP contribution is -2.18. The fourth-order valence-electron chi connectivity index (χ4n) is 3.85. The Morgan fingerprint density at radius 2 is 1.94 bits per heavy atom. The van der Waals surface area contributed by atoms with Gasteiger partial charge in [-0.05, 0) is 54.5 Å². The molecule has 6 heteroatoms. The number of fused-ring (bicyclic) bond motifs is 3. The van der Waals surface area contributed by atoms with E-state index >= 15 is 0 Å². The van der Waals surface area contributed by atoms with Crippen LogP contribution in [0.4, 0.5) is 4.39 Å². The highest BCUT2D eigenvalue weighted by Gasteiger charge is 2.24. The Morgan fingerprint density at radius 3 is 2.64 bits per heavy atom. The summed E-state index contributed by atoms with van der Waals surface area (Å²) in [5, 5.41) is 4.10. The Hall–Kier alpha value is -4.19. The highest BCUT2D eigenvalue weighted by molar-refractivity contribution is 6.18. The second-order valence-corrected chi connectivity index (χ2v) is 7.41. The minimum Gasteiger partial charge on any atom is -0.454 e. The fourth-order valence-corrected chi connectivity index (χ4v) is 3.85. The lowest BCUT2D eigenvalue weighted by molar-refractivity contribution is -0.104. The minimum atomic E-state index is -0.372. The number of aromatic amines is 1. The maximum atomic E-state index is 13.5. The van der Waals surface area contributed by atoms with Gasteiger partial charge >= 0.3 is 0 Å². The van der Waals surface area contributed by atoms with Crippen molar-refractivity contribution in [1.82, 2.24) is 10.3 Å². The molecule has 2 N–H and O–H groups in total. The van der Waals surface area contributed by atoms with E-state index in [1.807, 2.05) is 37.3 Å². The van der Waals surface area contributed by atoms with Crippen LogP contribution in [0, 0.1) is 5.82 Å². The molecule has 0 aliphatic heterocycles. The number of carbonyl (C=O) groups excluding carboxylic acids is 2. The number of aromatic nitrogens is 1. The van der Waals surface area contributed by atoms with Crippen molar-refractivity contribution in [3.05, 3.63) is 89.9 Å². The number of aldehydes is 1. The number of hydrogen-bond donors (Lipinski definition) is 2. The molecular formula is C27H23FN2O3. The number of rotatable bonds is 7. The van der Waals surface area contributed by atoms with Crippen molar-refractivity contribution < 1.29 is 18.4 Å². The zero-order chi connectivity index (χ0) is 23.4. The molecule has 2 aromatic carbocycles. The van der Waals surface area contributed by atoms with Gasteiger partial charge in [0.15, 0.2) is 0 Å². The third-order valence-electron chi connectivity index (χ3n) is 5.37. The van der Waals surface area contributed by atoms with Crippen LogP contribution in [0.15, 0.2) is 77.4 Å². The molecular weight excluding hydrogens is 419 g/mol. The van der Waals surface area contributed by atoms with Crippen LogP contribution in [0.5, 0.6) is 0 Å². The Bertz CT molecular complexity index is 1420. The lowest BCUT2D eigenvalue weighted by atomic mass is 9.97. The second-order valence-electron chi connectivity index (χ2n) is 7.41. The van der Waals surface area contributed by atoms with Crippen LogP contribution in [-0.2, 0) is 4.79 Å². The topological polar surface area (TPSA) is 75.1 Å². The van der Waals surface area contributed by atoms with Crippen molar-refractivity contribution in [3.63, 3.8) is 0 Å². The maximum absolute atomic E-state index is 13.5. The monoisotopic (exact) mass is 442 g/mol. The first-order valence-electron chi connectivity index (χ1n) is 10.6. The first-order valence-corrected chi connectivity index (χ1v) is 10.6. The van der Waals surface area contributed by atoms with Crippen LogP contribution in [0.3, 0.4) is 0 Å². The SMILES string of the molecule is CC\C=C/C=C(\C=C\C=O)c1cc2c(C(=O)NC)c(-c3ccc(F)cc3)oc2c2cc[nH]c12. The van der Waals surface area contributed by atoms with Gasteiger partial charge in [-0.3, -0.25) is 9.59 Å². The lowest BCUT2D eigenvalue weighted by Gasteiger charge is -2.07. The van der Waals surface area contributed by atoms with Crippen molar-refractivity contribution in [2.45, 2.75) is 13.3 Å². The molecule has 33 heavy (non-hydrogen) atoms. The third-order valence-corrected chi connectivity index (χ3v) is 5.37. The Kier molecular flexibility index (Phi) is 6.36. The number of allylic oxidation sites excluding steroid dienone is 6. The Balaban J connectivity index is 2.07. The summed E-state index contributed by atoms with van der Waals surface area (Å²) in [5.41, 5.74) is 3.95. The Labute approximate surface area is 190 Å². The molecule has 0 unspecified atom stereocenters. The summed E-state index contributed by atoms with van der Waals surface area (Å²) in [6.07, 6.45) is 12.4. The quantitative estimate of drug-likeness (QED) is 0.204. The van der Waals surface area contributed by atoms with E-state index in [1.165, 1.54) is 18.2 Å². The number of benzene rings is 2. The second kappa shape index (κ2) is 9.53. The molecule has 2 heterocycles. The average Bonchev–Trinajstić information content (AvgIpc) is 3.46. The van der Waals surface area contributed by atoms with Gasteiger partial charge < -0.3 is 14.7 Å². The summed E-state index contributed by atoms with van der Waals surface area (Å²) in [7, 11) is 1.55. The highest BCUT2D eigenvalue weighted by Crippen LogP contribution is 2.40. The van der Waals surface area contributed by atoms with Crippen molar-refractivity contribution in [1.29, 1.82) is 0 Å². The first-order chi connectivity index (χ1) is 16.1. The molecule has 0 aliphatic rings. The molecule has 0 fully saturated rings. The van der Waals surface area contributed by atoms with E-state index in [9.17, 15) is 14.0 Å². The van der Waals surface area contributed by atoms with Gasteiger partial charge in [-0.1, -0.05) is 31.2 Å². The zero-order valence-corrected chi connectivity index (χ0v) is 18.3. The maximum Gasteiger partial charge on any atom is 0.255 e. The molecule has 1 amide bonds. The number of amides is 1. The van der Waals surface area contributed by atoms with Gasteiger partial charge in [-0.15, -0.1) is 0 Å². The molecule has 4 rings (SSSR count). The summed E-state index contributed by atoms with van der Waals surface area (Å²) in [4.78, 5) is 27.2. The molecule has 0 atom stereocenters. The number of nitrogens with one attached hydrogen (secondary N) is 2. The van der Waals surface area contributed by atoms with Gasteiger partial charge in [0.2, 0.25) is 0 Å². The largest absolute Gasteiger partial charge is 0.454 e. The highest BCUT2D eigenvalue weighted by atomic mass is 19.1. The van der Waals surface area contributed by atoms with Crippen LogP contribution < -0.4 is 5.32 Å². The van der Waals surface area contributed by atoms with Crippen LogP contribution in [0.2, 0.25) is 0 Å². The number of furan rings is 1. The van der Waals surface area contributed by atoms with Crippen molar-refractivity contribution >= 4 is 39.6 Å². The van der Waals surface area contributed by atoms with E-state index in [0.717, 1.165) is 34.7 Å². The van der Waals surface area contributed by atoms with Crippen molar-refractivity contribution in [2.24, 2.45) is 0 Å². The average molecular weight is 442 g/mol. The van der Waals surface area contributed by atoms with E-state index in [-0.39, 0.29) is 11.7 Å². The number of H-pyrrole nitrogens is 1. The van der Waals surface area contributed by atoms with Crippen LogP contribution in [0.25, 0.3) is 38.8 Å². The standard InChI is InChI=1S/C27H23FN2O3/c1-3-4-5-7-17(8-6-15-31)21-16-22-23(27(32)29-2)25(18-9-11-19(28)12-10-18)33-26(22)20-13-14-30-24(20)21/h4-16,30H,3H2,1-2H3,(H,29,32)/b5-4-,8-6+,17-7+. The molecule has 166 valence electrons. The summed E-state index contributed by atoms with van der Waals surface area (Å²) < 4.78 is 19.7. The molecule has 0 radical (unpaired) electrons. The van der Waals surface area contributed by atoms with Crippen LogP contribution in [0.1, 0.15) is 29.3 Å².